The maximum absolute atomic E-state index is 2.77. The number of likely N-dealkylation sites (tertiary alicyclic amines) is 1. The van der Waals surface area contributed by atoms with E-state index in [0.29, 0.717) is 5.54 Å². The Labute approximate surface area is 141 Å². The van der Waals surface area contributed by atoms with Crippen LogP contribution < -0.4 is 0 Å². The van der Waals surface area contributed by atoms with E-state index in [1.807, 2.05) is 0 Å². The van der Waals surface area contributed by atoms with E-state index in [1.165, 1.54) is 77.5 Å². The van der Waals surface area contributed by atoms with Crippen molar-refractivity contribution in [1.29, 1.82) is 0 Å². The molecule has 1 spiro atoms. The van der Waals surface area contributed by atoms with Crippen molar-refractivity contribution in [1.82, 2.24) is 9.80 Å². The number of rotatable bonds is 2. The van der Waals surface area contributed by atoms with Crippen molar-refractivity contribution in [3.8, 4) is 0 Å². The minimum Gasteiger partial charge on any atom is -0.303 e. The SMILES string of the molecule is CN1CCc2ccccc2C12CCN(CC1CCCCC1)CC2. The first-order chi connectivity index (χ1) is 11.3. The maximum atomic E-state index is 2.77. The second kappa shape index (κ2) is 6.57. The van der Waals surface area contributed by atoms with Gasteiger partial charge in [-0.2, -0.15) is 0 Å². The summed E-state index contributed by atoms with van der Waals surface area (Å²) in [6.07, 6.45) is 11.2. The number of piperidine rings is 1. The fraction of sp³-hybridized carbons (Fsp3) is 0.714. The van der Waals surface area contributed by atoms with E-state index in [9.17, 15) is 0 Å². The first kappa shape index (κ1) is 15.7. The van der Waals surface area contributed by atoms with E-state index >= 15 is 0 Å². The Morgan fingerprint density at radius 1 is 1.00 bits per heavy atom. The molecule has 2 aliphatic heterocycles. The summed E-state index contributed by atoms with van der Waals surface area (Å²) in [7, 11) is 2.35. The lowest BCUT2D eigenvalue weighted by atomic mass is 9.74. The van der Waals surface area contributed by atoms with Crippen LogP contribution in [0.1, 0.15) is 56.1 Å². The van der Waals surface area contributed by atoms with E-state index in [4.69, 9.17) is 0 Å². The van der Waals surface area contributed by atoms with Gasteiger partial charge in [0, 0.05) is 31.7 Å². The zero-order chi connectivity index (χ0) is 15.7. The summed E-state index contributed by atoms with van der Waals surface area (Å²) in [5.41, 5.74) is 3.55. The third-order valence-electron chi connectivity index (χ3n) is 6.89. The Morgan fingerprint density at radius 2 is 1.74 bits per heavy atom. The van der Waals surface area contributed by atoms with E-state index in [-0.39, 0.29) is 0 Å². The summed E-state index contributed by atoms with van der Waals surface area (Å²) in [6, 6.07) is 9.23. The van der Waals surface area contributed by atoms with Crippen LogP contribution in [-0.2, 0) is 12.0 Å². The summed E-state index contributed by atoms with van der Waals surface area (Å²) in [5, 5.41) is 0. The minimum absolute atomic E-state index is 0.317. The summed E-state index contributed by atoms with van der Waals surface area (Å²) in [5.74, 6) is 0.981. The van der Waals surface area contributed by atoms with Crippen LogP contribution in [0.15, 0.2) is 24.3 Å². The molecule has 0 aromatic heterocycles. The fourth-order valence-electron chi connectivity index (χ4n) is 5.39. The molecule has 0 amide bonds. The van der Waals surface area contributed by atoms with Crippen LogP contribution in [0, 0.1) is 5.92 Å². The van der Waals surface area contributed by atoms with Gasteiger partial charge in [-0.15, -0.1) is 0 Å². The van der Waals surface area contributed by atoms with Gasteiger partial charge in [-0.1, -0.05) is 43.5 Å². The van der Waals surface area contributed by atoms with Gasteiger partial charge < -0.3 is 4.90 Å². The molecule has 2 fully saturated rings. The largest absolute Gasteiger partial charge is 0.303 e. The van der Waals surface area contributed by atoms with E-state index in [1.54, 1.807) is 11.1 Å². The van der Waals surface area contributed by atoms with Gasteiger partial charge in [-0.3, -0.25) is 4.90 Å². The highest BCUT2D eigenvalue weighted by Gasteiger charge is 2.42. The van der Waals surface area contributed by atoms with Crippen molar-refractivity contribution >= 4 is 0 Å². The molecule has 1 aliphatic carbocycles. The van der Waals surface area contributed by atoms with E-state index < -0.39 is 0 Å². The second-order valence-corrected chi connectivity index (χ2v) is 8.16. The predicted molar refractivity (Wildman–Crippen MR) is 96.7 cm³/mol. The van der Waals surface area contributed by atoms with Crippen molar-refractivity contribution in [2.45, 2.75) is 56.9 Å². The van der Waals surface area contributed by atoms with Crippen molar-refractivity contribution in [2.75, 3.05) is 33.2 Å². The molecule has 0 N–H and O–H groups in total. The average molecular weight is 313 g/mol. The lowest BCUT2D eigenvalue weighted by molar-refractivity contribution is 0.0213. The van der Waals surface area contributed by atoms with E-state index in [2.05, 4.69) is 41.1 Å². The molecule has 0 atom stereocenters. The van der Waals surface area contributed by atoms with E-state index in [0.717, 1.165) is 5.92 Å². The van der Waals surface area contributed by atoms with Crippen LogP contribution in [0.5, 0.6) is 0 Å². The maximum Gasteiger partial charge on any atom is 0.0484 e. The predicted octanol–water partition coefficient (Wildman–Crippen LogP) is 4.05. The molecule has 1 aromatic rings. The van der Waals surface area contributed by atoms with Gasteiger partial charge >= 0.3 is 0 Å². The highest BCUT2D eigenvalue weighted by atomic mass is 15.2. The van der Waals surface area contributed by atoms with Crippen molar-refractivity contribution in [2.24, 2.45) is 5.92 Å². The van der Waals surface area contributed by atoms with Crippen LogP contribution in [0.2, 0.25) is 0 Å². The van der Waals surface area contributed by atoms with Gasteiger partial charge in [0.2, 0.25) is 0 Å². The van der Waals surface area contributed by atoms with Gasteiger partial charge in [-0.05, 0) is 56.2 Å². The highest BCUT2D eigenvalue weighted by molar-refractivity contribution is 5.37. The average Bonchev–Trinajstić information content (AvgIpc) is 2.61. The number of benzene rings is 1. The van der Waals surface area contributed by atoms with Crippen LogP contribution >= 0.6 is 0 Å². The van der Waals surface area contributed by atoms with Crippen molar-refractivity contribution in [3.05, 3.63) is 35.4 Å². The van der Waals surface area contributed by atoms with Crippen LogP contribution in [0.25, 0.3) is 0 Å². The number of hydrogen-bond acceptors (Lipinski definition) is 2. The fourth-order valence-corrected chi connectivity index (χ4v) is 5.39. The second-order valence-electron chi connectivity index (χ2n) is 8.16. The molecule has 0 bridgehead atoms. The van der Waals surface area contributed by atoms with Gasteiger partial charge in [0.25, 0.3) is 0 Å². The van der Waals surface area contributed by atoms with Crippen LogP contribution in [0.3, 0.4) is 0 Å². The molecule has 2 heteroatoms. The normalized spacial score (nSPS) is 26.3. The monoisotopic (exact) mass is 312 g/mol. The summed E-state index contributed by atoms with van der Waals surface area (Å²) < 4.78 is 0. The smallest absolute Gasteiger partial charge is 0.0484 e. The standard InChI is InChI=1S/C21H32N2/c1-22-14-11-19-9-5-6-10-20(19)21(22)12-15-23(16-13-21)17-18-7-3-2-4-8-18/h5-6,9-10,18H,2-4,7-8,11-17H2,1H3. The Kier molecular flexibility index (Phi) is 4.47. The molecule has 1 saturated carbocycles. The zero-order valence-corrected chi connectivity index (χ0v) is 14.8. The molecule has 2 nitrogen and oxygen atoms in total. The zero-order valence-electron chi connectivity index (χ0n) is 14.8. The molecule has 0 radical (unpaired) electrons. The summed E-state index contributed by atoms with van der Waals surface area (Å²) in [4.78, 5) is 5.43. The molecule has 4 rings (SSSR count). The van der Waals surface area contributed by atoms with Gasteiger partial charge in [0.15, 0.2) is 0 Å². The number of nitrogens with zero attached hydrogens (tertiary/aromatic N) is 2. The van der Waals surface area contributed by atoms with Crippen LogP contribution in [-0.4, -0.2) is 43.0 Å². The first-order valence-corrected chi connectivity index (χ1v) is 9.80. The number of likely N-dealkylation sites (N-methyl/N-ethyl adjacent to an activating group) is 1. The molecule has 2 heterocycles. The molecule has 1 aromatic carbocycles. The van der Waals surface area contributed by atoms with Crippen molar-refractivity contribution in [3.63, 3.8) is 0 Å². The third-order valence-corrected chi connectivity index (χ3v) is 6.89. The molecule has 126 valence electrons. The van der Waals surface area contributed by atoms with Crippen molar-refractivity contribution < 1.29 is 0 Å². The summed E-state index contributed by atoms with van der Waals surface area (Å²) in [6.45, 7) is 5.16. The third kappa shape index (κ3) is 2.96. The Morgan fingerprint density at radius 3 is 2.52 bits per heavy atom. The number of fused-ring (bicyclic) bond motifs is 2. The Hall–Kier alpha value is -0.860. The molecule has 0 unspecified atom stereocenters. The quantitative estimate of drug-likeness (QED) is 0.813. The van der Waals surface area contributed by atoms with Gasteiger partial charge in [-0.25, -0.2) is 0 Å². The lowest BCUT2D eigenvalue weighted by Gasteiger charge is -2.51. The van der Waals surface area contributed by atoms with Gasteiger partial charge in [0.05, 0.1) is 0 Å². The highest BCUT2D eigenvalue weighted by Crippen LogP contribution is 2.42. The first-order valence-electron chi connectivity index (χ1n) is 9.80. The van der Waals surface area contributed by atoms with Crippen LogP contribution in [0.4, 0.5) is 0 Å². The molecule has 3 aliphatic rings. The Balaban J connectivity index is 1.45. The molecule has 23 heavy (non-hydrogen) atoms. The number of hydrogen-bond donors (Lipinski definition) is 0. The molecular weight excluding hydrogens is 280 g/mol. The molecule has 1 saturated heterocycles. The van der Waals surface area contributed by atoms with Gasteiger partial charge in [0.1, 0.15) is 0 Å². The molecular formula is C21H32N2. The minimum atomic E-state index is 0.317. The lowest BCUT2D eigenvalue weighted by Crippen LogP contribution is -2.55. The Bertz CT molecular complexity index is 524. The summed E-state index contributed by atoms with van der Waals surface area (Å²) >= 11 is 0. The topological polar surface area (TPSA) is 6.48 Å².